The van der Waals surface area contributed by atoms with Crippen LogP contribution >= 0.6 is 15.9 Å². The van der Waals surface area contributed by atoms with Crippen LogP contribution in [0, 0.1) is 0 Å². The maximum atomic E-state index is 12.3. The number of halogens is 6. The van der Waals surface area contributed by atoms with E-state index in [9.17, 15) is 27.1 Å². The quantitative estimate of drug-likeness (QED) is 0.668. The van der Waals surface area contributed by atoms with Crippen LogP contribution in [0.5, 0.6) is 5.75 Å². The van der Waals surface area contributed by atoms with Crippen LogP contribution in [-0.4, -0.2) is 10.1 Å². The lowest BCUT2D eigenvalue weighted by Gasteiger charge is -2.12. The Labute approximate surface area is 95.2 Å². The van der Waals surface area contributed by atoms with Crippen LogP contribution in [0.4, 0.5) is 22.0 Å². The average molecular weight is 306 g/mol. The van der Waals surface area contributed by atoms with Gasteiger partial charge < -0.3 is 5.11 Å². The van der Waals surface area contributed by atoms with Crippen LogP contribution in [0.15, 0.2) is 6.07 Å². The summed E-state index contributed by atoms with van der Waals surface area (Å²) >= 11 is 2.76. The zero-order valence-electron chi connectivity index (χ0n) is 7.52. The Morgan fingerprint density at radius 2 is 1.94 bits per heavy atom. The van der Waals surface area contributed by atoms with E-state index >= 15 is 0 Å². The molecule has 1 heterocycles. The monoisotopic (exact) mass is 305 g/mol. The fraction of sp³-hybridized carbons (Fsp3) is 0.375. The zero-order valence-corrected chi connectivity index (χ0v) is 9.11. The van der Waals surface area contributed by atoms with Gasteiger partial charge in [0.2, 0.25) is 0 Å². The second-order valence-corrected chi connectivity index (χ2v) is 3.38. The molecular formula is C8H5BrF5NO. The van der Waals surface area contributed by atoms with Crippen LogP contribution < -0.4 is 0 Å². The van der Waals surface area contributed by atoms with E-state index in [4.69, 9.17) is 0 Å². The van der Waals surface area contributed by atoms with E-state index in [1.165, 1.54) is 0 Å². The lowest BCUT2D eigenvalue weighted by molar-refractivity contribution is -0.141. The lowest BCUT2D eigenvalue weighted by Crippen LogP contribution is -2.10. The maximum absolute atomic E-state index is 12.3. The first kappa shape index (κ1) is 13.1. The molecule has 0 aromatic carbocycles. The van der Waals surface area contributed by atoms with E-state index in [0.717, 1.165) is 0 Å². The second kappa shape index (κ2) is 4.52. The third-order valence-electron chi connectivity index (χ3n) is 1.75. The van der Waals surface area contributed by atoms with E-state index < -0.39 is 35.3 Å². The highest BCUT2D eigenvalue weighted by molar-refractivity contribution is 9.08. The summed E-state index contributed by atoms with van der Waals surface area (Å²) in [6.07, 6.45) is -8.02. The molecule has 0 saturated carbocycles. The number of rotatable bonds is 2. The Morgan fingerprint density at radius 3 is 2.31 bits per heavy atom. The van der Waals surface area contributed by atoms with Crippen LogP contribution in [0.3, 0.4) is 0 Å². The summed E-state index contributed by atoms with van der Waals surface area (Å²) in [5.74, 6) is -0.917. The first-order valence-corrected chi connectivity index (χ1v) is 5.03. The van der Waals surface area contributed by atoms with E-state index in [1.54, 1.807) is 0 Å². The highest BCUT2D eigenvalue weighted by atomic mass is 79.9. The van der Waals surface area contributed by atoms with Crippen molar-refractivity contribution in [2.45, 2.75) is 17.9 Å². The van der Waals surface area contributed by atoms with Gasteiger partial charge >= 0.3 is 6.18 Å². The molecule has 2 nitrogen and oxygen atoms in total. The maximum Gasteiger partial charge on any atom is 0.433 e. The molecule has 1 N–H and O–H groups in total. The predicted molar refractivity (Wildman–Crippen MR) is 48.5 cm³/mol. The van der Waals surface area contributed by atoms with Gasteiger partial charge in [-0.1, -0.05) is 15.9 Å². The fourth-order valence-electron chi connectivity index (χ4n) is 1.02. The molecule has 1 rings (SSSR count). The molecule has 0 unspecified atom stereocenters. The van der Waals surface area contributed by atoms with Crippen molar-refractivity contribution in [2.24, 2.45) is 0 Å². The second-order valence-electron chi connectivity index (χ2n) is 2.82. The number of aromatic nitrogens is 1. The van der Waals surface area contributed by atoms with Gasteiger partial charge in [0.1, 0.15) is 11.4 Å². The third-order valence-corrected chi connectivity index (χ3v) is 2.28. The molecule has 0 saturated heterocycles. The van der Waals surface area contributed by atoms with Gasteiger partial charge in [-0.05, 0) is 6.07 Å². The van der Waals surface area contributed by atoms with Crippen LogP contribution in [-0.2, 0) is 11.5 Å². The van der Waals surface area contributed by atoms with Gasteiger partial charge in [-0.15, -0.1) is 0 Å². The zero-order chi connectivity index (χ0) is 12.5. The molecule has 0 radical (unpaired) electrons. The van der Waals surface area contributed by atoms with E-state index in [1.807, 2.05) is 0 Å². The van der Waals surface area contributed by atoms with Crippen molar-refractivity contribution in [2.75, 3.05) is 0 Å². The number of nitrogens with zero attached hydrogens (tertiary/aromatic N) is 1. The number of hydrogen-bond acceptors (Lipinski definition) is 2. The normalized spacial score (nSPS) is 12.2. The molecule has 0 aliphatic carbocycles. The molecule has 0 aliphatic rings. The molecule has 90 valence electrons. The van der Waals surface area contributed by atoms with E-state index in [0.29, 0.717) is 0 Å². The predicted octanol–water partition coefficient (Wildman–Crippen LogP) is 3.64. The Morgan fingerprint density at radius 1 is 1.38 bits per heavy atom. The Hall–Kier alpha value is -0.920. The number of pyridine rings is 1. The van der Waals surface area contributed by atoms with Gasteiger partial charge in [0.15, 0.2) is 0 Å². The van der Waals surface area contributed by atoms with Crippen LogP contribution in [0.1, 0.15) is 23.4 Å². The highest BCUT2D eigenvalue weighted by Crippen LogP contribution is 2.36. The Bertz CT molecular complexity index is 393. The lowest BCUT2D eigenvalue weighted by atomic mass is 10.1. The minimum atomic E-state index is -4.83. The van der Waals surface area contributed by atoms with Crippen LogP contribution in [0.25, 0.3) is 0 Å². The molecule has 8 heteroatoms. The minimum Gasteiger partial charge on any atom is -0.505 e. The summed E-state index contributed by atoms with van der Waals surface area (Å²) in [5, 5.41) is 8.96. The summed E-state index contributed by atoms with van der Waals surface area (Å²) < 4.78 is 61.5. The van der Waals surface area contributed by atoms with Crippen molar-refractivity contribution in [3.8, 4) is 5.75 Å². The van der Waals surface area contributed by atoms with Gasteiger partial charge in [-0.3, -0.25) is 0 Å². The van der Waals surface area contributed by atoms with Gasteiger partial charge in [0.25, 0.3) is 6.43 Å². The molecule has 0 fully saturated rings. The molecule has 1 aromatic heterocycles. The largest absolute Gasteiger partial charge is 0.505 e. The number of hydrogen-bond donors (Lipinski definition) is 1. The molecule has 0 spiro atoms. The molecule has 0 amide bonds. The third kappa shape index (κ3) is 2.60. The molecule has 0 aliphatic heterocycles. The molecule has 1 aromatic rings. The smallest absolute Gasteiger partial charge is 0.433 e. The van der Waals surface area contributed by atoms with Crippen molar-refractivity contribution in [3.05, 3.63) is 23.0 Å². The number of alkyl halides is 6. The van der Waals surface area contributed by atoms with Crippen molar-refractivity contribution < 1.29 is 27.1 Å². The Kier molecular flexibility index (Phi) is 3.72. The Balaban J connectivity index is 3.40. The SMILES string of the molecule is Oc1c(C(F)F)cc(C(F)(F)F)nc1CBr. The molecule has 16 heavy (non-hydrogen) atoms. The molecular weight excluding hydrogens is 301 g/mol. The summed E-state index contributed by atoms with van der Waals surface area (Å²) in [6, 6.07) is 0.145. The number of aromatic hydroxyl groups is 1. The summed E-state index contributed by atoms with van der Waals surface area (Å²) in [7, 11) is 0. The van der Waals surface area contributed by atoms with Crippen molar-refractivity contribution in [1.82, 2.24) is 4.98 Å². The van der Waals surface area contributed by atoms with Gasteiger partial charge in [0, 0.05) is 5.33 Å². The summed E-state index contributed by atoms with van der Waals surface area (Å²) in [6.45, 7) is 0. The fourth-order valence-corrected chi connectivity index (χ4v) is 1.41. The van der Waals surface area contributed by atoms with Crippen molar-refractivity contribution >= 4 is 15.9 Å². The minimum absolute atomic E-state index is 0.145. The molecule has 0 bridgehead atoms. The first-order chi connectivity index (χ1) is 7.27. The van der Waals surface area contributed by atoms with E-state index in [2.05, 4.69) is 20.9 Å². The van der Waals surface area contributed by atoms with Crippen molar-refractivity contribution in [3.63, 3.8) is 0 Å². The first-order valence-electron chi connectivity index (χ1n) is 3.91. The highest BCUT2D eigenvalue weighted by Gasteiger charge is 2.35. The van der Waals surface area contributed by atoms with Crippen LogP contribution in [0.2, 0.25) is 0 Å². The standard InChI is InChI=1S/C8H5BrF5NO/c9-2-4-6(16)3(7(10)11)1-5(15-4)8(12,13)14/h1,7,16H,2H2. The average Bonchev–Trinajstić information content (AvgIpc) is 2.15. The van der Waals surface area contributed by atoms with Gasteiger partial charge in [-0.2, -0.15) is 13.2 Å². The summed E-state index contributed by atoms with van der Waals surface area (Å²) in [4.78, 5) is 3.05. The van der Waals surface area contributed by atoms with Gasteiger partial charge in [0.05, 0.1) is 11.3 Å². The van der Waals surface area contributed by atoms with Crippen molar-refractivity contribution in [1.29, 1.82) is 0 Å². The topological polar surface area (TPSA) is 33.1 Å². The van der Waals surface area contributed by atoms with Gasteiger partial charge in [-0.25, -0.2) is 13.8 Å². The molecule has 0 atom stereocenters. The summed E-state index contributed by atoms with van der Waals surface area (Å²) in [5.41, 5.74) is -2.99. The van der Waals surface area contributed by atoms with E-state index in [-0.39, 0.29) is 11.4 Å².